The fraction of sp³-hybridized carbons (Fsp3) is 0.455. The maximum atomic E-state index is 9.70. The molecule has 0 saturated heterocycles. The van der Waals surface area contributed by atoms with E-state index < -0.39 is 18.0 Å². The molecule has 1 rings (SSSR count). The Bertz CT molecular complexity index is 295. The van der Waals surface area contributed by atoms with Crippen molar-refractivity contribution < 1.29 is 20.4 Å². The van der Waals surface area contributed by atoms with E-state index in [1.165, 1.54) is 19.1 Å². The molecule has 1 aromatic rings. The molecule has 1 aromatic carbocycles. The maximum Gasteiger partial charge on any atom is 0.216 e. The number of benzene rings is 1. The first-order valence-corrected chi connectivity index (χ1v) is 4.81. The van der Waals surface area contributed by atoms with Crippen molar-refractivity contribution in [3.05, 3.63) is 35.9 Å². The van der Waals surface area contributed by atoms with Gasteiger partial charge in [-0.3, -0.25) is 0 Å². The summed E-state index contributed by atoms with van der Waals surface area (Å²) in [4.78, 5) is 0. The average molecular weight is 212 g/mol. The molecule has 0 aromatic heterocycles. The van der Waals surface area contributed by atoms with Gasteiger partial charge in [-0.25, -0.2) is 0 Å². The largest absolute Gasteiger partial charge is 0.393 e. The van der Waals surface area contributed by atoms with E-state index in [-0.39, 0.29) is 12.0 Å². The molecular formula is C11H16O4. The van der Waals surface area contributed by atoms with Crippen LogP contribution in [0, 0.1) is 0 Å². The minimum absolute atomic E-state index is 0.0953. The fourth-order valence-corrected chi connectivity index (χ4v) is 1.36. The van der Waals surface area contributed by atoms with Crippen molar-refractivity contribution in [2.75, 3.05) is 0 Å². The van der Waals surface area contributed by atoms with Gasteiger partial charge in [-0.1, -0.05) is 30.3 Å². The number of hydrogen-bond acceptors (Lipinski definition) is 4. The van der Waals surface area contributed by atoms with Crippen LogP contribution in [0.5, 0.6) is 0 Å². The second-order valence-corrected chi connectivity index (χ2v) is 3.69. The second kappa shape index (κ2) is 4.72. The Balaban J connectivity index is 2.82. The second-order valence-electron chi connectivity index (χ2n) is 3.69. The van der Waals surface area contributed by atoms with Crippen molar-refractivity contribution in [3.8, 4) is 0 Å². The van der Waals surface area contributed by atoms with E-state index in [4.69, 9.17) is 5.11 Å². The summed E-state index contributed by atoms with van der Waals surface area (Å²) in [6.45, 7) is 1.48. The molecule has 0 spiro atoms. The Hall–Kier alpha value is -0.940. The first-order valence-electron chi connectivity index (χ1n) is 4.81. The molecule has 84 valence electrons. The van der Waals surface area contributed by atoms with Gasteiger partial charge in [0.2, 0.25) is 5.79 Å². The summed E-state index contributed by atoms with van der Waals surface area (Å²) in [6.07, 6.45) is -2.30. The zero-order valence-electron chi connectivity index (χ0n) is 8.54. The van der Waals surface area contributed by atoms with E-state index in [1.54, 1.807) is 18.2 Å². The van der Waals surface area contributed by atoms with Crippen molar-refractivity contribution in [1.82, 2.24) is 0 Å². The lowest BCUT2D eigenvalue weighted by Gasteiger charge is -2.28. The number of rotatable bonds is 4. The highest BCUT2D eigenvalue weighted by molar-refractivity contribution is 5.20. The third-order valence-corrected chi connectivity index (χ3v) is 2.23. The van der Waals surface area contributed by atoms with Gasteiger partial charge in [-0.15, -0.1) is 0 Å². The molecule has 0 heterocycles. The summed E-state index contributed by atoms with van der Waals surface area (Å²) in [5.41, 5.74) is 0.207. The molecular weight excluding hydrogens is 196 g/mol. The molecule has 0 radical (unpaired) electrons. The minimum Gasteiger partial charge on any atom is -0.393 e. The van der Waals surface area contributed by atoms with Crippen LogP contribution in [0.4, 0.5) is 0 Å². The lowest BCUT2D eigenvalue weighted by atomic mass is 9.96. The Morgan fingerprint density at radius 2 is 1.67 bits per heavy atom. The molecule has 2 unspecified atom stereocenters. The van der Waals surface area contributed by atoms with Gasteiger partial charge < -0.3 is 20.4 Å². The normalized spacial score (nSPS) is 16.1. The third-order valence-electron chi connectivity index (χ3n) is 2.23. The lowest BCUT2D eigenvalue weighted by Crippen LogP contribution is -2.41. The van der Waals surface area contributed by atoms with E-state index in [0.717, 1.165) is 0 Å². The van der Waals surface area contributed by atoms with Crippen molar-refractivity contribution in [2.45, 2.75) is 31.3 Å². The van der Waals surface area contributed by atoms with Gasteiger partial charge in [0.05, 0.1) is 6.10 Å². The molecule has 0 aliphatic heterocycles. The van der Waals surface area contributed by atoms with Gasteiger partial charge in [0, 0.05) is 12.0 Å². The quantitative estimate of drug-likeness (QED) is 0.528. The first kappa shape index (κ1) is 12.1. The van der Waals surface area contributed by atoms with Gasteiger partial charge in [-0.2, -0.15) is 0 Å². The van der Waals surface area contributed by atoms with E-state index in [2.05, 4.69) is 0 Å². The number of hydrogen-bond donors (Lipinski definition) is 4. The first-order chi connectivity index (χ1) is 6.94. The lowest BCUT2D eigenvalue weighted by molar-refractivity contribution is -0.239. The molecule has 0 aliphatic carbocycles. The maximum absolute atomic E-state index is 9.70. The molecule has 15 heavy (non-hydrogen) atoms. The Morgan fingerprint density at radius 3 is 2.13 bits per heavy atom. The molecule has 0 aliphatic rings. The van der Waals surface area contributed by atoms with Crippen LogP contribution < -0.4 is 0 Å². The van der Waals surface area contributed by atoms with Gasteiger partial charge >= 0.3 is 0 Å². The van der Waals surface area contributed by atoms with Crippen molar-refractivity contribution in [3.63, 3.8) is 0 Å². The summed E-state index contributed by atoms with van der Waals surface area (Å²) in [5, 5.41) is 38.0. The Morgan fingerprint density at radius 1 is 1.13 bits per heavy atom. The van der Waals surface area contributed by atoms with Crippen molar-refractivity contribution >= 4 is 0 Å². The highest BCUT2D eigenvalue weighted by Crippen LogP contribution is 2.24. The summed E-state index contributed by atoms with van der Waals surface area (Å²) < 4.78 is 0. The molecule has 0 saturated carbocycles. The number of aliphatic hydroxyl groups is 4. The zero-order valence-corrected chi connectivity index (χ0v) is 8.54. The summed E-state index contributed by atoms with van der Waals surface area (Å²) in [5.74, 6) is -2.32. The van der Waals surface area contributed by atoms with E-state index in [0.29, 0.717) is 0 Å². The topological polar surface area (TPSA) is 80.9 Å². The standard InChI is InChI=1S/C11H16O4/c1-8(12)7-10(13)11(14,15)9-5-3-2-4-6-9/h2-6,8,10,12-15H,7H2,1H3. The monoisotopic (exact) mass is 212 g/mol. The van der Waals surface area contributed by atoms with Crippen LogP contribution in [0.25, 0.3) is 0 Å². The third kappa shape index (κ3) is 3.00. The molecule has 2 atom stereocenters. The predicted octanol–water partition coefficient (Wildman–Crippen LogP) is -0.0442. The van der Waals surface area contributed by atoms with Crippen LogP contribution in [0.15, 0.2) is 30.3 Å². The van der Waals surface area contributed by atoms with Gasteiger partial charge in [0.1, 0.15) is 6.10 Å². The Labute approximate surface area is 88.4 Å². The average Bonchev–Trinajstić information content (AvgIpc) is 2.18. The van der Waals surface area contributed by atoms with Crippen molar-refractivity contribution in [1.29, 1.82) is 0 Å². The fourth-order valence-electron chi connectivity index (χ4n) is 1.36. The molecule has 4 heteroatoms. The number of aliphatic hydroxyl groups excluding tert-OH is 2. The molecule has 4 N–H and O–H groups in total. The van der Waals surface area contributed by atoms with E-state index in [9.17, 15) is 15.3 Å². The Kier molecular flexibility index (Phi) is 3.82. The van der Waals surface area contributed by atoms with Crippen LogP contribution in [0.1, 0.15) is 18.9 Å². The van der Waals surface area contributed by atoms with E-state index >= 15 is 0 Å². The van der Waals surface area contributed by atoms with Crippen LogP contribution >= 0.6 is 0 Å². The van der Waals surface area contributed by atoms with Crippen molar-refractivity contribution in [2.24, 2.45) is 0 Å². The predicted molar refractivity (Wildman–Crippen MR) is 54.9 cm³/mol. The molecule has 4 nitrogen and oxygen atoms in total. The minimum atomic E-state index is -2.32. The van der Waals surface area contributed by atoms with Crippen LogP contribution in [0.3, 0.4) is 0 Å². The summed E-state index contributed by atoms with van der Waals surface area (Å²) in [7, 11) is 0. The van der Waals surface area contributed by atoms with E-state index in [1.807, 2.05) is 0 Å². The zero-order chi connectivity index (χ0) is 11.5. The smallest absolute Gasteiger partial charge is 0.216 e. The molecule has 0 amide bonds. The van der Waals surface area contributed by atoms with Gasteiger partial charge in [0.25, 0.3) is 0 Å². The van der Waals surface area contributed by atoms with Crippen LogP contribution in [-0.4, -0.2) is 32.6 Å². The van der Waals surface area contributed by atoms with Crippen LogP contribution in [0.2, 0.25) is 0 Å². The highest BCUT2D eigenvalue weighted by Gasteiger charge is 2.35. The molecule has 0 fully saturated rings. The molecule has 0 bridgehead atoms. The van der Waals surface area contributed by atoms with Gasteiger partial charge in [-0.05, 0) is 6.92 Å². The summed E-state index contributed by atoms with van der Waals surface area (Å²) in [6, 6.07) is 8.04. The SMILES string of the molecule is CC(O)CC(O)C(O)(O)c1ccccc1. The van der Waals surface area contributed by atoms with Gasteiger partial charge in [0.15, 0.2) is 0 Å². The summed E-state index contributed by atoms with van der Waals surface area (Å²) >= 11 is 0. The highest BCUT2D eigenvalue weighted by atomic mass is 16.5. The van der Waals surface area contributed by atoms with Crippen LogP contribution in [-0.2, 0) is 5.79 Å².